The molecule has 0 saturated carbocycles. The first-order valence-electron chi connectivity index (χ1n) is 8.16. The fourth-order valence-electron chi connectivity index (χ4n) is 3.45. The first-order valence-corrected chi connectivity index (χ1v) is 9.04. The van der Waals surface area contributed by atoms with Gasteiger partial charge in [-0.1, -0.05) is 17.8 Å². The molecule has 1 aliphatic carbocycles. The summed E-state index contributed by atoms with van der Waals surface area (Å²) >= 11 is 0.983. The number of nitrogens with zero attached hydrogens (tertiary/aromatic N) is 1. The molecule has 4 rings (SSSR count). The number of carbonyl (C=O) groups excluding carboxylic acids is 2. The molecule has 1 fully saturated rings. The van der Waals surface area contributed by atoms with Crippen LogP contribution in [0, 0.1) is 0 Å². The Kier molecular flexibility index (Phi) is 4.33. The number of hydrogen-bond acceptors (Lipinski definition) is 5. The number of halogens is 3. The van der Waals surface area contributed by atoms with Crippen LogP contribution in [-0.2, 0) is 17.4 Å². The second kappa shape index (κ2) is 6.56. The summed E-state index contributed by atoms with van der Waals surface area (Å²) in [5.74, 6) is -0.430. The van der Waals surface area contributed by atoms with Gasteiger partial charge in [0.2, 0.25) is 5.91 Å². The monoisotopic (exact) mass is 394 g/mol. The minimum absolute atomic E-state index is 0.0999. The molecule has 140 valence electrons. The lowest BCUT2D eigenvalue weighted by atomic mass is 9.97. The van der Waals surface area contributed by atoms with Gasteiger partial charge in [-0.15, -0.1) is 0 Å². The Morgan fingerprint density at radius 1 is 1.22 bits per heavy atom. The van der Waals surface area contributed by atoms with Crippen LogP contribution in [0.4, 0.5) is 18.0 Å². The molecule has 1 N–H and O–H groups in total. The summed E-state index contributed by atoms with van der Waals surface area (Å²) in [5.41, 5.74) is 0.893. The highest BCUT2D eigenvalue weighted by Gasteiger charge is 2.41. The maximum atomic E-state index is 13.1. The average molecular weight is 394 g/mol. The van der Waals surface area contributed by atoms with Gasteiger partial charge in [-0.3, -0.25) is 19.9 Å². The number of alkyl halides is 3. The lowest BCUT2D eigenvalue weighted by molar-refractivity contribution is -0.138. The zero-order chi connectivity index (χ0) is 19.2. The van der Waals surface area contributed by atoms with Gasteiger partial charge in [-0.05, 0) is 42.2 Å². The minimum atomic E-state index is -4.56. The lowest BCUT2D eigenvalue weighted by Crippen LogP contribution is -2.27. The number of carbonyl (C=O) groups is 2. The van der Waals surface area contributed by atoms with E-state index in [-0.39, 0.29) is 28.6 Å². The number of aromatic nitrogens is 1. The standard InChI is InChI=1S/C18H13F3N2O3S/c19-18(20,21)13-8-22-6-5-14(13)26-10-2-4-11-9(7-10)1-3-12(11)15-16(24)23-17(25)27-15/h2,4-8,12,15H,1,3H2,(H,23,24,25)/t12-,15?/m1/s1. The maximum absolute atomic E-state index is 13.1. The third-order valence-electron chi connectivity index (χ3n) is 4.64. The van der Waals surface area contributed by atoms with E-state index in [1.807, 2.05) is 0 Å². The second-order valence-electron chi connectivity index (χ2n) is 6.29. The van der Waals surface area contributed by atoms with Crippen molar-refractivity contribution < 1.29 is 27.5 Å². The molecule has 27 heavy (non-hydrogen) atoms. The van der Waals surface area contributed by atoms with E-state index in [2.05, 4.69) is 10.3 Å². The molecule has 0 radical (unpaired) electrons. The van der Waals surface area contributed by atoms with E-state index >= 15 is 0 Å². The molecular weight excluding hydrogens is 381 g/mol. The van der Waals surface area contributed by atoms with Gasteiger partial charge in [-0.2, -0.15) is 13.2 Å². The third-order valence-corrected chi connectivity index (χ3v) is 5.75. The summed E-state index contributed by atoms with van der Waals surface area (Å²) < 4.78 is 44.7. The van der Waals surface area contributed by atoms with Crippen LogP contribution in [0.3, 0.4) is 0 Å². The molecule has 2 amide bonds. The van der Waals surface area contributed by atoms with Gasteiger partial charge in [0.25, 0.3) is 5.24 Å². The number of thioether (sulfide) groups is 1. The predicted octanol–water partition coefficient (Wildman–Crippen LogP) is 4.27. The molecular formula is C18H13F3N2O3S. The van der Waals surface area contributed by atoms with Crippen LogP contribution in [0.15, 0.2) is 36.7 Å². The van der Waals surface area contributed by atoms with E-state index in [1.54, 1.807) is 18.2 Å². The molecule has 1 aliphatic heterocycles. The second-order valence-corrected chi connectivity index (χ2v) is 7.41. The van der Waals surface area contributed by atoms with E-state index < -0.39 is 17.0 Å². The molecule has 5 nitrogen and oxygen atoms in total. The first kappa shape index (κ1) is 17.8. The molecule has 1 aromatic heterocycles. The van der Waals surface area contributed by atoms with Crippen LogP contribution in [-0.4, -0.2) is 21.4 Å². The maximum Gasteiger partial charge on any atom is 0.421 e. The topological polar surface area (TPSA) is 68.3 Å². The van der Waals surface area contributed by atoms with E-state index in [1.165, 1.54) is 12.3 Å². The van der Waals surface area contributed by atoms with Gasteiger partial charge >= 0.3 is 6.18 Å². The van der Waals surface area contributed by atoms with Crippen LogP contribution < -0.4 is 10.1 Å². The summed E-state index contributed by atoms with van der Waals surface area (Å²) in [7, 11) is 0. The smallest absolute Gasteiger partial charge is 0.421 e. The van der Waals surface area contributed by atoms with E-state index in [0.717, 1.165) is 29.1 Å². The van der Waals surface area contributed by atoms with Crippen LogP contribution in [0.2, 0.25) is 0 Å². The van der Waals surface area contributed by atoms with Crippen LogP contribution >= 0.6 is 11.8 Å². The number of benzene rings is 1. The molecule has 2 aromatic rings. The Labute approximate surface area is 156 Å². The summed E-state index contributed by atoms with van der Waals surface area (Å²) in [4.78, 5) is 26.9. The Morgan fingerprint density at radius 3 is 2.74 bits per heavy atom. The summed E-state index contributed by atoms with van der Waals surface area (Å²) in [5, 5.41) is 1.47. The number of nitrogens with one attached hydrogen (secondary N) is 1. The molecule has 0 bridgehead atoms. The molecule has 1 saturated heterocycles. The number of aryl methyl sites for hydroxylation is 1. The van der Waals surface area contributed by atoms with Crippen molar-refractivity contribution in [3.05, 3.63) is 53.3 Å². The normalized spacial score (nSPS) is 21.9. The predicted molar refractivity (Wildman–Crippen MR) is 91.7 cm³/mol. The Bertz CT molecular complexity index is 932. The molecule has 1 aromatic carbocycles. The van der Waals surface area contributed by atoms with Crippen molar-refractivity contribution in [2.45, 2.75) is 30.2 Å². The highest BCUT2D eigenvalue weighted by atomic mass is 32.2. The van der Waals surface area contributed by atoms with Crippen LogP contribution in [0.5, 0.6) is 11.5 Å². The lowest BCUT2D eigenvalue weighted by Gasteiger charge is -2.16. The first-order chi connectivity index (χ1) is 12.8. The van der Waals surface area contributed by atoms with Crippen molar-refractivity contribution in [2.75, 3.05) is 0 Å². The number of hydrogen-bond donors (Lipinski definition) is 1. The van der Waals surface area contributed by atoms with Crippen molar-refractivity contribution in [1.29, 1.82) is 0 Å². The fraction of sp³-hybridized carbons (Fsp3) is 0.278. The van der Waals surface area contributed by atoms with Crippen molar-refractivity contribution in [3.63, 3.8) is 0 Å². The quantitative estimate of drug-likeness (QED) is 0.842. The molecule has 2 heterocycles. The SMILES string of the molecule is O=C1NC(=O)C([C@@H]2CCc3cc(Oc4ccncc4C(F)(F)F)ccc32)S1. The zero-order valence-corrected chi connectivity index (χ0v) is 14.6. The highest BCUT2D eigenvalue weighted by molar-refractivity contribution is 8.15. The number of rotatable bonds is 3. The number of imide groups is 1. The molecule has 9 heteroatoms. The Morgan fingerprint density at radius 2 is 2.04 bits per heavy atom. The van der Waals surface area contributed by atoms with Gasteiger partial charge in [0, 0.05) is 18.3 Å². The summed E-state index contributed by atoms with van der Waals surface area (Å²) in [6.07, 6.45) is -1.24. The van der Waals surface area contributed by atoms with Gasteiger partial charge in [-0.25, -0.2) is 0 Å². The summed E-state index contributed by atoms with van der Waals surface area (Å²) in [6.45, 7) is 0. The van der Waals surface area contributed by atoms with Crippen molar-refractivity contribution in [1.82, 2.24) is 10.3 Å². The van der Waals surface area contributed by atoms with Crippen LogP contribution in [0.25, 0.3) is 0 Å². The molecule has 2 aliphatic rings. The fourth-order valence-corrected chi connectivity index (χ4v) is 4.45. The number of pyridine rings is 1. The molecule has 0 spiro atoms. The average Bonchev–Trinajstić information content (AvgIpc) is 3.16. The number of ether oxygens (including phenoxy) is 1. The van der Waals surface area contributed by atoms with Gasteiger partial charge in [0.05, 0.1) is 0 Å². The minimum Gasteiger partial charge on any atom is -0.457 e. The van der Waals surface area contributed by atoms with Crippen molar-refractivity contribution in [2.24, 2.45) is 0 Å². The van der Waals surface area contributed by atoms with Gasteiger partial charge in [0.1, 0.15) is 22.3 Å². The Hall–Kier alpha value is -2.55. The van der Waals surface area contributed by atoms with E-state index in [4.69, 9.17) is 4.74 Å². The van der Waals surface area contributed by atoms with E-state index in [9.17, 15) is 22.8 Å². The third kappa shape index (κ3) is 3.39. The summed E-state index contributed by atoms with van der Waals surface area (Å²) in [6, 6.07) is 6.20. The Balaban J connectivity index is 1.59. The number of amides is 2. The van der Waals surface area contributed by atoms with Crippen LogP contribution in [0.1, 0.15) is 29.0 Å². The van der Waals surface area contributed by atoms with Crippen molar-refractivity contribution >= 4 is 22.9 Å². The number of fused-ring (bicyclic) bond motifs is 1. The van der Waals surface area contributed by atoms with Crippen molar-refractivity contribution in [3.8, 4) is 11.5 Å². The molecule has 2 atom stereocenters. The van der Waals surface area contributed by atoms with Gasteiger partial charge in [0.15, 0.2) is 0 Å². The highest BCUT2D eigenvalue weighted by Crippen LogP contribution is 2.44. The largest absolute Gasteiger partial charge is 0.457 e. The van der Waals surface area contributed by atoms with E-state index in [0.29, 0.717) is 12.8 Å². The molecule has 1 unspecified atom stereocenters. The van der Waals surface area contributed by atoms with Gasteiger partial charge < -0.3 is 4.74 Å². The zero-order valence-electron chi connectivity index (χ0n) is 13.7.